The molecule has 0 aliphatic rings. The van der Waals surface area contributed by atoms with E-state index in [1.165, 1.54) is 0 Å². The van der Waals surface area contributed by atoms with Gasteiger partial charge in [0.25, 0.3) is 5.91 Å². The van der Waals surface area contributed by atoms with Gasteiger partial charge in [-0.15, -0.1) is 0 Å². The average Bonchev–Trinajstić information content (AvgIpc) is 2.50. The molecule has 3 N–H and O–H groups in total. The fourth-order valence-corrected chi connectivity index (χ4v) is 2.42. The van der Waals surface area contributed by atoms with E-state index in [1.807, 2.05) is 0 Å². The zero-order chi connectivity index (χ0) is 17.0. The molecule has 5 nitrogen and oxygen atoms in total. The van der Waals surface area contributed by atoms with Crippen molar-refractivity contribution in [2.75, 3.05) is 11.1 Å². The summed E-state index contributed by atoms with van der Waals surface area (Å²) in [4.78, 5) is 23.9. The Kier molecular flexibility index (Phi) is 5.47. The van der Waals surface area contributed by atoms with Crippen molar-refractivity contribution in [2.45, 2.75) is 13.3 Å². The second-order valence-electron chi connectivity index (χ2n) is 4.60. The summed E-state index contributed by atoms with van der Waals surface area (Å²) < 4.78 is 5.18. The van der Waals surface area contributed by atoms with Crippen molar-refractivity contribution in [2.24, 2.45) is 0 Å². The van der Waals surface area contributed by atoms with Crippen molar-refractivity contribution in [3.63, 3.8) is 0 Å². The highest BCUT2D eigenvalue weighted by Crippen LogP contribution is 2.33. The molecule has 0 radical (unpaired) electrons. The smallest absolute Gasteiger partial charge is 0.311 e. The van der Waals surface area contributed by atoms with E-state index in [4.69, 9.17) is 33.7 Å². The first kappa shape index (κ1) is 17.1. The molecule has 7 heteroatoms. The Morgan fingerprint density at radius 1 is 1.13 bits per heavy atom. The van der Waals surface area contributed by atoms with E-state index < -0.39 is 11.9 Å². The first-order chi connectivity index (χ1) is 10.9. The molecule has 0 saturated carbocycles. The molecule has 0 aliphatic carbocycles. The van der Waals surface area contributed by atoms with Crippen molar-refractivity contribution in [3.05, 3.63) is 52.0 Å². The van der Waals surface area contributed by atoms with Gasteiger partial charge in [0.2, 0.25) is 0 Å². The average molecular weight is 353 g/mol. The number of halogens is 2. The van der Waals surface area contributed by atoms with E-state index in [0.29, 0.717) is 0 Å². The second-order valence-corrected chi connectivity index (χ2v) is 5.42. The molecule has 0 fully saturated rings. The number of nitrogens with two attached hydrogens (primary N) is 1. The van der Waals surface area contributed by atoms with E-state index in [-0.39, 0.29) is 39.2 Å². The van der Waals surface area contributed by atoms with Gasteiger partial charge in [0.1, 0.15) is 0 Å². The van der Waals surface area contributed by atoms with Crippen LogP contribution in [0.25, 0.3) is 0 Å². The van der Waals surface area contributed by atoms with Crippen LogP contribution in [0.15, 0.2) is 36.4 Å². The second kappa shape index (κ2) is 7.35. The summed E-state index contributed by atoms with van der Waals surface area (Å²) in [6.07, 6.45) is 0.179. The zero-order valence-corrected chi connectivity index (χ0v) is 13.7. The topological polar surface area (TPSA) is 81.4 Å². The number of esters is 1. The first-order valence-corrected chi connectivity index (χ1v) is 7.54. The lowest BCUT2D eigenvalue weighted by Crippen LogP contribution is -2.16. The van der Waals surface area contributed by atoms with E-state index in [0.717, 1.165) is 0 Å². The van der Waals surface area contributed by atoms with E-state index in [2.05, 4.69) is 5.32 Å². The van der Waals surface area contributed by atoms with Gasteiger partial charge in [-0.2, -0.15) is 0 Å². The minimum Gasteiger partial charge on any atom is -0.422 e. The number of para-hydroxylation sites is 1. The molecule has 0 heterocycles. The highest BCUT2D eigenvalue weighted by Gasteiger charge is 2.18. The van der Waals surface area contributed by atoms with Crippen LogP contribution in [0.3, 0.4) is 0 Å². The van der Waals surface area contributed by atoms with E-state index in [9.17, 15) is 9.59 Å². The number of ether oxygens (including phenoxy) is 1. The molecule has 0 aliphatic heterocycles. The van der Waals surface area contributed by atoms with Gasteiger partial charge in [0.15, 0.2) is 5.75 Å². The number of carbonyl (C=O) groups excluding carboxylic acids is 2. The molecular formula is C16H14Cl2N2O3. The molecule has 1 amide bonds. The molecule has 120 valence electrons. The Morgan fingerprint density at radius 2 is 1.74 bits per heavy atom. The number of amides is 1. The number of benzene rings is 2. The maximum absolute atomic E-state index is 12.4. The van der Waals surface area contributed by atoms with Crippen LogP contribution in [0.2, 0.25) is 10.0 Å². The molecule has 23 heavy (non-hydrogen) atoms. The van der Waals surface area contributed by atoms with Crippen LogP contribution in [0.4, 0.5) is 11.4 Å². The Morgan fingerprint density at radius 3 is 2.35 bits per heavy atom. The fourth-order valence-electron chi connectivity index (χ4n) is 1.85. The molecule has 0 bridgehead atoms. The molecule has 2 aromatic rings. The maximum atomic E-state index is 12.4. The highest BCUT2D eigenvalue weighted by atomic mass is 35.5. The van der Waals surface area contributed by atoms with Gasteiger partial charge in [0.05, 0.1) is 27.0 Å². The Labute approximate surface area is 143 Å². The van der Waals surface area contributed by atoms with Crippen molar-refractivity contribution in [1.82, 2.24) is 0 Å². The van der Waals surface area contributed by atoms with Gasteiger partial charge >= 0.3 is 5.97 Å². The summed E-state index contributed by atoms with van der Waals surface area (Å²) in [7, 11) is 0. The lowest BCUT2D eigenvalue weighted by molar-refractivity contribution is -0.133. The predicted molar refractivity (Wildman–Crippen MR) is 91.2 cm³/mol. The molecule has 0 unspecified atom stereocenters. The van der Waals surface area contributed by atoms with Gasteiger partial charge in [0, 0.05) is 6.42 Å². The van der Waals surface area contributed by atoms with E-state index in [1.54, 1.807) is 43.3 Å². The van der Waals surface area contributed by atoms with Gasteiger partial charge in [-0.25, -0.2) is 0 Å². The summed E-state index contributed by atoms with van der Waals surface area (Å²) in [6, 6.07) is 9.51. The van der Waals surface area contributed by atoms with Crippen LogP contribution in [-0.2, 0) is 4.79 Å². The number of anilines is 2. The fraction of sp³-hybridized carbons (Fsp3) is 0.125. The monoisotopic (exact) mass is 352 g/mol. The van der Waals surface area contributed by atoms with Crippen LogP contribution in [-0.4, -0.2) is 11.9 Å². The zero-order valence-electron chi connectivity index (χ0n) is 12.2. The van der Waals surface area contributed by atoms with Crippen LogP contribution < -0.4 is 15.8 Å². The van der Waals surface area contributed by atoms with Gasteiger partial charge in [-0.1, -0.05) is 42.3 Å². The molecule has 2 aromatic carbocycles. The molecule has 0 saturated heterocycles. The van der Waals surface area contributed by atoms with Crippen molar-refractivity contribution >= 4 is 46.5 Å². The summed E-state index contributed by atoms with van der Waals surface area (Å²) in [5.74, 6) is -0.898. The number of hydrogen-bond donors (Lipinski definition) is 2. The quantitative estimate of drug-likeness (QED) is 0.492. The summed E-state index contributed by atoms with van der Waals surface area (Å²) in [6.45, 7) is 1.66. The maximum Gasteiger partial charge on any atom is 0.311 e. The van der Waals surface area contributed by atoms with Crippen LogP contribution in [0, 0.1) is 0 Å². The number of nitrogen functional groups attached to an aromatic ring is 1. The summed E-state index contributed by atoms with van der Waals surface area (Å²) in [5.41, 5.74) is 6.44. The van der Waals surface area contributed by atoms with Crippen LogP contribution >= 0.6 is 23.2 Å². The largest absolute Gasteiger partial charge is 0.422 e. The third-order valence-electron chi connectivity index (χ3n) is 2.99. The summed E-state index contributed by atoms with van der Waals surface area (Å²) >= 11 is 12.0. The number of hydrogen-bond acceptors (Lipinski definition) is 4. The number of nitrogens with one attached hydrogen (secondary N) is 1. The van der Waals surface area contributed by atoms with Crippen molar-refractivity contribution in [3.8, 4) is 5.75 Å². The third-order valence-corrected chi connectivity index (χ3v) is 3.62. The lowest BCUT2D eigenvalue weighted by Gasteiger charge is -2.14. The standard InChI is InChI=1S/C16H14Cl2N2O3/c1-2-13(21)23-15-11(19)7-4-8-12(15)20-16(22)14-9(17)5-3-6-10(14)18/h3-8H,2,19H2,1H3,(H,20,22). The van der Waals surface area contributed by atoms with Crippen molar-refractivity contribution in [1.29, 1.82) is 0 Å². The molecule has 0 spiro atoms. The Bertz CT molecular complexity index is 743. The van der Waals surface area contributed by atoms with Gasteiger partial charge in [-0.05, 0) is 24.3 Å². The van der Waals surface area contributed by atoms with E-state index >= 15 is 0 Å². The number of carbonyl (C=O) groups is 2. The van der Waals surface area contributed by atoms with Gasteiger partial charge < -0.3 is 15.8 Å². The molecule has 2 rings (SSSR count). The molecule has 0 aromatic heterocycles. The SMILES string of the molecule is CCC(=O)Oc1c(N)cccc1NC(=O)c1c(Cl)cccc1Cl. The number of rotatable bonds is 4. The molecular weight excluding hydrogens is 339 g/mol. The highest BCUT2D eigenvalue weighted by molar-refractivity contribution is 6.40. The van der Waals surface area contributed by atoms with Crippen LogP contribution in [0.5, 0.6) is 5.75 Å². The minimum absolute atomic E-state index is 0.0934. The first-order valence-electron chi connectivity index (χ1n) is 6.78. The Hall–Kier alpha value is -2.24. The van der Waals surface area contributed by atoms with Crippen LogP contribution in [0.1, 0.15) is 23.7 Å². The Balaban J connectivity index is 2.35. The minimum atomic E-state index is -0.528. The third kappa shape index (κ3) is 3.94. The van der Waals surface area contributed by atoms with Gasteiger partial charge in [-0.3, -0.25) is 9.59 Å². The predicted octanol–water partition coefficient (Wildman–Crippen LogP) is 4.14. The lowest BCUT2D eigenvalue weighted by atomic mass is 10.2. The molecule has 0 atom stereocenters. The normalized spacial score (nSPS) is 10.2. The van der Waals surface area contributed by atoms with Crippen molar-refractivity contribution < 1.29 is 14.3 Å². The summed E-state index contributed by atoms with van der Waals surface area (Å²) in [5, 5.41) is 3.04.